The molecule has 29 heavy (non-hydrogen) atoms. The van der Waals surface area contributed by atoms with Crippen LogP contribution in [0.1, 0.15) is 5.56 Å². The van der Waals surface area contributed by atoms with Crippen molar-refractivity contribution in [2.75, 3.05) is 12.4 Å². The third-order valence-corrected chi connectivity index (χ3v) is 5.51. The zero-order valence-electron chi connectivity index (χ0n) is 15.7. The lowest BCUT2D eigenvalue weighted by Gasteiger charge is -2.11. The van der Waals surface area contributed by atoms with Crippen LogP contribution in [-0.2, 0) is 11.3 Å². The summed E-state index contributed by atoms with van der Waals surface area (Å²) in [6.07, 6.45) is -0.693. The number of hydrogen-bond donors (Lipinski definition) is 2. The summed E-state index contributed by atoms with van der Waals surface area (Å²) in [5.41, 5.74) is 2.73. The Morgan fingerprint density at radius 1 is 1.14 bits per heavy atom. The molecule has 0 aliphatic carbocycles. The highest BCUT2D eigenvalue weighted by Gasteiger charge is 2.19. The fourth-order valence-corrected chi connectivity index (χ4v) is 3.91. The Kier molecular flexibility index (Phi) is 5.41. The summed E-state index contributed by atoms with van der Waals surface area (Å²) in [6, 6.07) is 15.1. The zero-order valence-corrected chi connectivity index (χ0v) is 16.5. The van der Waals surface area contributed by atoms with Gasteiger partial charge in [0.1, 0.15) is 18.9 Å². The molecule has 0 aliphatic rings. The minimum absolute atomic E-state index is 0.165. The van der Waals surface area contributed by atoms with Crippen molar-refractivity contribution in [2.24, 2.45) is 0 Å². The third-order valence-electron chi connectivity index (χ3n) is 4.43. The van der Waals surface area contributed by atoms with E-state index in [2.05, 4.69) is 10.2 Å². The highest BCUT2D eigenvalue weighted by atomic mass is 32.2. The van der Waals surface area contributed by atoms with Crippen LogP contribution in [0.4, 0.5) is 0 Å². The summed E-state index contributed by atoms with van der Waals surface area (Å²) >= 11 is 1.35. The smallest absolute Gasteiger partial charge is 0.323 e. The summed E-state index contributed by atoms with van der Waals surface area (Å²) in [6.45, 7) is 1.97. The Hall–Kier alpha value is -3.04. The van der Waals surface area contributed by atoms with Crippen LogP contribution >= 0.6 is 11.8 Å². The first-order chi connectivity index (χ1) is 14.0. The van der Waals surface area contributed by atoms with Gasteiger partial charge in [-0.1, -0.05) is 41.6 Å². The van der Waals surface area contributed by atoms with Crippen molar-refractivity contribution in [3.8, 4) is 5.75 Å². The predicted molar refractivity (Wildman–Crippen MR) is 110 cm³/mol. The van der Waals surface area contributed by atoms with E-state index in [-0.39, 0.29) is 13.2 Å². The molecule has 1 unspecified atom stereocenters. The van der Waals surface area contributed by atoms with Gasteiger partial charge in [0.2, 0.25) is 5.78 Å². The summed E-state index contributed by atoms with van der Waals surface area (Å²) in [7, 11) is 0. The van der Waals surface area contributed by atoms with Gasteiger partial charge >= 0.3 is 5.97 Å². The number of aliphatic hydroxyl groups excluding tert-OH is 1. The summed E-state index contributed by atoms with van der Waals surface area (Å²) in [4.78, 5) is 11.3. The number of aryl methyl sites for hydroxylation is 1. The van der Waals surface area contributed by atoms with Crippen LogP contribution in [0.2, 0.25) is 0 Å². The normalized spacial score (nSPS) is 12.5. The van der Waals surface area contributed by atoms with E-state index in [1.807, 2.05) is 59.9 Å². The second-order valence-electron chi connectivity index (χ2n) is 6.68. The van der Waals surface area contributed by atoms with Crippen LogP contribution < -0.4 is 4.74 Å². The van der Waals surface area contributed by atoms with Crippen molar-refractivity contribution in [3.63, 3.8) is 0 Å². The Morgan fingerprint density at radius 2 is 1.86 bits per heavy atom. The van der Waals surface area contributed by atoms with Crippen LogP contribution in [0.3, 0.4) is 0 Å². The number of aromatic nitrogens is 4. The first-order valence-electron chi connectivity index (χ1n) is 9.07. The lowest BCUT2D eigenvalue weighted by molar-refractivity contribution is -0.137. The summed E-state index contributed by atoms with van der Waals surface area (Å²) < 4.78 is 9.06. The molecule has 0 saturated carbocycles. The monoisotopic (exact) mass is 412 g/mol. The van der Waals surface area contributed by atoms with Crippen molar-refractivity contribution in [2.45, 2.75) is 24.7 Å². The molecular weight excluding hydrogens is 392 g/mol. The van der Waals surface area contributed by atoms with Gasteiger partial charge in [-0.3, -0.25) is 13.8 Å². The van der Waals surface area contributed by atoms with Crippen molar-refractivity contribution >= 4 is 34.5 Å². The number of imidazole rings is 1. The number of hydrogen-bond acceptors (Lipinski definition) is 6. The van der Waals surface area contributed by atoms with E-state index in [4.69, 9.17) is 4.74 Å². The van der Waals surface area contributed by atoms with Gasteiger partial charge in [0.05, 0.1) is 17.1 Å². The second kappa shape index (κ2) is 8.14. The van der Waals surface area contributed by atoms with Gasteiger partial charge in [-0.15, -0.1) is 10.2 Å². The lowest BCUT2D eigenvalue weighted by Crippen LogP contribution is -2.20. The molecule has 0 amide bonds. The number of fused-ring (bicyclic) bond motifs is 3. The first kappa shape index (κ1) is 19.3. The van der Waals surface area contributed by atoms with Crippen LogP contribution in [0.15, 0.2) is 53.7 Å². The molecule has 0 bridgehead atoms. The average Bonchev–Trinajstić information content (AvgIpc) is 3.25. The Labute approximate surface area is 170 Å². The number of para-hydroxylation sites is 2. The van der Waals surface area contributed by atoms with Gasteiger partial charge in [0.25, 0.3) is 0 Å². The number of carboxylic acid groups (broad SMARTS) is 1. The second-order valence-corrected chi connectivity index (χ2v) is 7.66. The highest BCUT2D eigenvalue weighted by Crippen LogP contribution is 2.26. The molecule has 8 nitrogen and oxygen atoms in total. The van der Waals surface area contributed by atoms with Crippen molar-refractivity contribution in [1.29, 1.82) is 0 Å². The molecule has 2 aromatic heterocycles. The Balaban J connectivity index is 1.49. The van der Waals surface area contributed by atoms with Gasteiger partial charge in [-0.25, -0.2) is 0 Å². The molecule has 1 atom stereocenters. The van der Waals surface area contributed by atoms with Crippen LogP contribution in [-0.4, -0.2) is 53.8 Å². The fraction of sp³-hybridized carbons (Fsp3) is 0.250. The van der Waals surface area contributed by atoms with E-state index < -0.39 is 12.1 Å². The first-order valence-corrected chi connectivity index (χ1v) is 10.1. The molecule has 2 heterocycles. The van der Waals surface area contributed by atoms with E-state index in [9.17, 15) is 15.0 Å². The maximum atomic E-state index is 11.3. The number of carbonyl (C=O) groups is 1. The van der Waals surface area contributed by atoms with Crippen LogP contribution in [0, 0.1) is 6.92 Å². The van der Waals surface area contributed by atoms with Gasteiger partial charge < -0.3 is 14.9 Å². The lowest BCUT2D eigenvalue weighted by atomic mass is 10.2. The van der Waals surface area contributed by atoms with Gasteiger partial charge in [0.15, 0.2) is 5.16 Å². The van der Waals surface area contributed by atoms with E-state index in [1.54, 1.807) is 4.57 Å². The molecule has 0 fully saturated rings. The number of aliphatic carboxylic acids is 1. The number of aliphatic hydroxyl groups is 1. The molecule has 4 rings (SSSR count). The average molecular weight is 412 g/mol. The molecular formula is C20H20N4O4S. The van der Waals surface area contributed by atoms with Gasteiger partial charge in [-0.2, -0.15) is 0 Å². The Bertz CT molecular complexity index is 1150. The molecule has 2 aromatic carbocycles. The maximum Gasteiger partial charge on any atom is 0.323 e. The van der Waals surface area contributed by atoms with E-state index in [0.29, 0.717) is 22.4 Å². The molecule has 0 radical (unpaired) electrons. The molecule has 0 aliphatic heterocycles. The highest BCUT2D eigenvalue weighted by molar-refractivity contribution is 7.99. The molecule has 4 aromatic rings. The van der Waals surface area contributed by atoms with Crippen molar-refractivity contribution < 1.29 is 19.7 Å². The van der Waals surface area contributed by atoms with E-state index >= 15 is 0 Å². The largest absolute Gasteiger partial charge is 0.491 e. The molecule has 0 spiro atoms. The minimum atomic E-state index is -0.950. The predicted octanol–water partition coefficient (Wildman–Crippen LogP) is 2.61. The molecule has 2 N–H and O–H groups in total. The number of carboxylic acids is 1. The zero-order chi connectivity index (χ0) is 20.4. The van der Waals surface area contributed by atoms with Gasteiger partial charge in [-0.05, 0) is 31.2 Å². The van der Waals surface area contributed by atoms with E-state index in [1.165, 1.54) is 11.8 Å². The standard InChI is InChI=1S/C20H20N4O4S/c1-13-6-8-15(9-7-13)28-11-14(25)12-29-20-22-21-19-23(10-18(26)27)16-4-2-3-5-17(16)24(19)20/h2-9,14,25H,10-12H2,1H3,(H,26,27). The number of nitrogens with zero attached hydrogens (tertiary/aromatic N) is 4. The number of benzene rings is 2. The van der Waals surface area contributed by atoms with E-state index in [0.717, 1.165) is 16.6 Å². The van der Waals surface area contributed by atoms with Crippen LogP contribution in [0.5, 0.6) is 5.75 Å². The summed E-state index contributed by atoms with van der Waals surface area (Å²) in [5, 5.41) is 28.5. The third kappa shape index (κ3) is 4.06. The SMILES string of the molecule is Cc1ccc(OCC(O)CSc2nnc3n(CC(=O)O)c4ccccc4n23)cc1. The molecule has 150 valence electrons. The van der Waals surface area contributed by atoms with Crippen LogP contribution in [0.25, 0.3) is 16.8 Å². The fourth-order valence-electron chi connectivity index (χ4n) is 3.07. The maximum absolute atomic E-state index is 11.3. The molecule has 9 heteroatoms. The number of ether oxygens (including phenoxy) is 1. The van der Waals surface area contributed by atoms with Crippen molar-refractivity contribution in [3.05, 3.63) is 54.1 Å². The number of thioether (sulfide) groups is 1. The minimum Gasteiger partial charge on any atom is -0.491 e. The molecule has 0 saturated heterocycles. The Morgan fingerprint density at radius 3 is 2.59 bits per heavy atom. The number of rotatable bonds is 8. The van der Waals surface area contributed by atoms with Crippen molar-refractivity contribution in [1.82, 2.24) is 19.2 Å². The quantitative estimate of drug-likeness (QED) is 0.429. The van der Waals surface area contributed by atoms with Gasteiger partial charge in [0, 0.05) is 5.75 Å². The summed E-state index contributed by atoms with van der Waals surface area (Å²) in [5.74, 6) is 0.586. The topological polar surface area (TPSA) is 102 Å².